The van der Waals surface area contributed by atoms with Crippen molar-refractivity contribution in [3.63, 3.8) is 0 Å². The van der Waals surface area contributed by atoms with Crippen LogP contribution in [0.15, 0.2) is 35.9 Å². The number of hydrogen-bond donors (Lipinski definition) is 2. The van der Waals surface area contributed by atoms with Crippen LogP contribution in [0.25, 0.3) is 0 Å². The molecule has 0 aliphatic heterocycles. The predicted molar refractivity (Wildman–Crippen MR) is 152 cm³/mol. The van der Waals surface area contributed by atoms with Crippen molar-refractivity contribution in [2.75, 3.05) is 27.8 Å². The van der Waals surface area contributed by atoms with Crippen LogP contribution in [0.1, 0.15) is 67.9 Å². The Hall–Kier alpha value is -2.87. The highest BCUT2D eigenvalue weighted by molar-refractivity contribution is 5.92. The molecule has 0 radical (unpaired) electrons. The van der Waals surface area contributed by atoms with Crippen molar-refractivity contribution < 1.29 is 23.9 Å². The summed E-state index contributed by atoms with van der Waals surface area (Å²) >= 11 is 0. The van der Waals surface area contributed by atoms with Crippen LogP contribution in [0, 0.1) is 11.3 Å². The molecule has 0 aliphatic rings. The molecule has 8 heteroatoms. The molecule has 0 saturated carbocycles. The molecule has 2 N–H and O–H groups in total. The highest BCUT2D eigenvalue weighted by Gasteiger charge is 2.41. The van der Waals surface area contributed by atoms with E-state index in [1.165, 1.54) is 0 Å². The van der Waals surface area contributed by atoms with Gasteiger partial charge in [-0.1, -0.05) is 66.7 Å². The summed E-state index contributed by atoms with van der Waals surface area (Å²) in [7, 11) is 5.06. The Bertz CT molecular complexity index is 994. The van der Waals surface area contributed by atoms with E-state index in [0.717, 1.165) is 5.56 Å². The van der Waals surface area contributed by atoms with Crippen LogP contribution in [-0.4, -0.2) is 68.6 Å². The van der Waals surface area contributed by atoms with E-state index < -0.39 is 28.9 Å². The van der Waals surface area contributed by atoms with Crippen LogP contribution in [0.4, 0.5) is 0 Å². The van der Waals surface area contributed by atoms with Crippen molar-refractivity contribution in [3.8, 4) is 5.75 Å². The topological polar surface area (TPSA) is 97.0 Å². The first-order chi connectivity index (χ1) is 17.5. The summed E-state index contributed by atoms with van der Waals surface area (Å²) in [6.07, 6.45) is 1.77. The van der Waals surface area contributed by atoms with E-state index >= 15 is 0 Å². The van der Waals surface area contributed by atoms with Crippen LogP contribution in [0.2, 0.25) is 0 Å². The zero-order valence-corrected chi connectivity index (χ0v) is 25.4. The molecule has 214 valence electrons. The van der Waals surface area contributed by atoms with Crippen LogP contribution in [0.5, 0.6) is 5.75 Å². The van der Waals surface area contributed by atoms with Gasteiger partial charge in [-0.25, -0.2) is 4.79 Å². The molecule has 1 unspecified atom stereocenters. The molecule has 2 amide bonds. The number of methoxy groups -OCH3 is 1. The Morgan fingerprint density at radius 2 is 1.68 bits per heavy atom. The van der Waals surface area contributed by atoms with Crippen LogP contribution in [0.3, 0.4) is 0 Å². The summed E-state index contributed by atoms with van der Waals surface area (Å²) in [4.78, 5) is 41.5. The number of nitrogens with one attached hydrogen (secondary N) is 2. The third-order valence-electron chi connectivity index (χ3n) is 6.98. The second kappa shape index (κ2) is 13.8. The van der Waals surface area contributed by atoms with Gasteiger partial charge in [-0.15, -0.1) is 0 Å². The molecule has 1 rings (SSSR count). The summed E-state index contributed by atoms with van der Waals surface area (Å²) in [5, 5.41) is 6.20. The molecule has 0 aliphatic carbocycles. The number of esters is 1. The number of amides is 2. The standard InChI is InChI=1S/C30H49N3O5/c1-13-38-28(36)20(4)17-23(19(2)3)33(11)27(35)25(29(5,6)7)32-26(34)24(31-10)30(8,9)21-15-14-16-22(18-21)37-12/h14-19,23-25,31H,13H2,1-12H3,(H,32,34)/t23-,24?,25-/m1/s1. The van der Waals surface area contributed by atoms with Crippen molar-refractivity contribution in [3.05, 3.63) is 41.5 Å². The van der Waals surface area contributed by atoms with Gasteiger partial charge in [-0.05, 0) is 49.9 Å². The van der Waals surface area contributed by atoms with Crippen molar-refractivity contribution in [1.29, 1.82) is 0 Å². The fourth-order valence-corrected chi connectivity index (χ4v) is 4.56. The molecule has 0 saturated heterocycles. The Morgan fingerprint density at radius 1 is 1.08 bits per heavy atom. The van der Waals surface area contributed by atoms with Gasteiger partial charge in [0, 0.05) is 18.0 Å². The number of likely N-dealkylation sites (N-methyl/N-ethyl adjacent to an activating group) is 2. The minimum absolute atomic E-state index is 0.0293. The highest BCUT2D eigenvalue weighted by atomic mass is 16.5. The van der Waals surface area contributed by atoms with Gasteiger partial charge < -0.3 is 25.0 Å². The quantitative estimate of drug-likeness (QED) is 0.312. The largest absolute Gasteiger partial charge is 0.497 e. The van der Waals surface area contributed by atoms with E-state index in [2.05, 4.69) is 10.6 Å². The molecule has 8 nitrogen and oxygen atoms in total. The average molecular weight is 532 g/mol. The molecule has 0 heterocycles. The van der Waals surface area contributed by atoms with E-state index in [0.29, 0.717) is 11.3 Å². The SMILES string of the molecule is CCOC(=O)C(C)=C[C@H](C(C)C)N(C)C(=O)[C@@H](NC(=O)C(NC)C(C)(C)c1cccc(OC)c1)C(C)(C)C. The molecule has 0 fully saturated rings. The molecular formula is C30H49N3O5. The van der Waals surface area contributed by atoms with E-state index in [1.54, 1.807) is 46.0 Å². The van der Waals surface area contributed by atoms with E-state index in [-0.39, 0.29) is 30.4 Å². The van der Waals surface area contributed by atoms with Crippen molar-refractivity contribution >= 4 is 17.8 Å². The molecular weight excluding hydrogens is 482 g/mol. The Labute approximate surface area is 229 Å². The highest BCUT2D eigenvalue weighted by Crippen LogP contribution is 2.31. The zero-order chi connectivity index (χ0) is 29.4. The lowest BCUT2D eigenvalue weighted by molar-refractivity contribution is -0.141. The van der Waals surface area contributed by atoms with E-state index in [4.69, 9.17) is 9.47 Å². The third-order valence-corrected chi connectivity index (χ3v) is 6.98. The van der Waals surface area contributed by atoms with Crippen molar-refractivity contribution in [2.24, 2.45) is 11.3 Å². The molecule has 0 spiro atoms. The van der Waals surface area contributed by atoms with Gasteiger partial charge >= 0.3 is 5.97 Å². The number of carbonyl (C=O) groups is 3. The molecule has 1 aromatic rings. The first kappa shape index (κ1) is 33.2. The van der Waals surface area contributed by atoms with Crippen molar-refractivity contribution in [1.82, 2.24) is 15.5 Å². The van der Waals surface area contributed by atoms with E-state index in [1.807, 2.05) is 72.7 Å². The molecule has 0 bridgehead atoms. The minimum Gasteiger partial charge on any atom is -0.497 e. The molecule has 38 heavy (non-hydrogen) atoms. The summed E-state index contributed by atoms with van der Waals surface area (Å²) in [6.45, 7) is 17.4. The van der Waals surface area contributed by atoms with Crippen molar-refractivity contribution in [2.45, 2.75) is 85.9 Å². The number of hydrogen-bond acceptors (Lipinski definition) is 6. The predicted octanol–water partition coefficient (Wildman–Crippen LogP) is 4.08. The van der Waals surface area contributed by atoms with Gasteiger partial charge in [0.15, 0.2) is 0 Å². The first-order valence-electron chi connectivity index (χ1n) is 13.3. The third kappa shape index (κ3) is 8.32. The number of benzene rings is 1. The maximum Gasteiger partial charge on any atom is 0.333 e. The molecule has 1 aromatic carbocycles. The summed E-state index contributed by atoms with van der Waals surface area (Å²) in [5.41, 5.74) is 0.198. The van der Waals surface area contributed by atoms with Gasteiger partial charge in [0.2, 0.25) is 11.8 Å². The fraction of sp³-hybridized carbons (Fsp3) is 0.633. The monoisotopic (exact) mass is 531 g/mol. The number of rotatable bonds is 12. The van der Waals surface area contributed by atoms with Gasteiger partial charge in [0.05, 0.1) is 25.8 Å². The second-order valence-electron chi connectivity index (χ2n) is 11.7. The Kier molecular flexibility index (Phi) is 12.0. The summed E-state index contributed by atoms with van der Waals surface area (Å²) in [6, 6.07) is 5.87. The van der Waals surface area contributed by atoms with Gasteiger partial charge in [-0.3, -0.25) is 9.59 Å². The Morgan fingerprint density at radius 3 is 2.16 bits per heavy atom. The lowest BCUT2D eigenvalue weighted by Crippen LogP contribution is -2.61. The fourth-order valence-electron chi connectivity index (χ4n) is 4.56. The summed E-state index contributed by atoms with van der Waals surface area (Å²) in [5.74, 6) is -0.174. The average Bonchev–Trinajstić information content (AvgIpc) is 2.84. The number of ether oxygens (including phenoxy) is 2. The minimum atomic E-state index is -0.797. The van der Waals surface area contributed by atoms with Gasteiger partial charge in [0.25, 0.3) is 0 Å². The first-order valence-corrected chi connectivity index (χ1v) is 13.3. The number of nitrogens with zero attached hydrogens (tertiary/aromatic N) is 1. The lowest BCUT2D eigenvalue weighted by atomic mass is 9.76. The normalized spacial score (nSPS) is 14.9. The molecule has 0 aromatic heterocycles. The van der Waals surface area contributed by atoms with E-state index in [9.17, 15) is 14.4 Å². The molecule has 3 atom stereocenters. The Balaban J connectivity index is 3.33. The summed E-state index contributed by atoms with van der Waals surface area (Å²) < 4.78 is 10.5. The van der Waals surface area contributed by atoms with Gasteiger partial charge in [-0.2, -0.15) is 0 Å². The zero-order valence-electron chi connectivity index (χ0n) is 25.4. The van der Waals surface area contributed by atoms with Crippen LogP contribution in [-0.2, 0) is 24.5 Å². The van der Waals surface area contributed by atoms with Gasteiger partial charge in [0.1, 0.15) is 11.8 Å². The maximum atomic E-state index is 13.9. The van der Waals surface area contributed by atoms with Crippen LogP contribution >= 0.6 is 0 Å². The second-order valence-corrected chi connectivity index (χ2v) is 11.7. The maximum absolute atomic E-state index is 13.9. The smallest absolute Gasteiger partial charge is 0.333 e. The number of carbonyl (C=O) groups excluding carboxylic acids is 3. The van der Waals surface area contributed by atoms with Crippen LogP contribution < -0.4 is 15.4 Å². The lowest BCUT2D eigenvalue weighted by Gasteiger charge is -2.40.